The summed E-state index contributed by atoms with van der Waals surface area (Å²) < 4.78 is 16.7. The molecule has 0 saturated heterocycles. The number of methoxy groups -OCH3 is 1. The number of rotatable bonds is 5. The van der Waals surface area contributed by atoms with Gasteiger partial charge in [0.25, 0.3) is 0 Å². The Bertz CT molecular complexity index is 636. The number of nitrogens with zero attached hydrogens (tertiary/aromatic N) is 1. The molecule has 0 saturated carbocycles. The van der Waals surface area contributed by atoms with Gasteiger partial charge in [-0.1, -0.05) is 0 Å². The van der Waals surface area contributed by atoms with Gasteiger partial charge in [0.15, 0.2) is 0 Å². The van der Waals surface area contributed by atoms with Gasteiger partial charge >= 0.3 is 0 Å². The van der Waals surface area contributed by atoms with E-state index < -0.39 is 0 Å². The summed E-state index contributed by atoms with van der Waals surface area (Å²) in [6.45, 7) is 5.23. The molecule has 0 aliphatic carbocycles. The van der Waals surface area contributed by atoms with Crippen LogP contribution in [0.15, 0.2) is 22.7 Å². The predicted octanol–water partition coefficient (Wildman–Crippen LogP) is 2.60. The van der Waals surface area contributed by atoms with E-state index in [1.165, 1.54) is 5.56 Å². The Morgan fingerprint density at radius 3 is 2.95 bits per heavy atom. The molecule has 0 bridgehead atoms. The smallest absolute Gasteiger partial charge is 0.208 e. The monoisotopic (exact) mass is 288 g/mol. The molecule has 0 amide bonds. The third-order valence-corrected chi connectivity index (χ3v) is 3.56. The lowest BCUT2D eigenvalue weighted by atomic mass is 10.1. The van der Waals surface area contributed by atoms with Gasteiger partial charge < -0.3 is 19.2 Å². The molecule has 112 valence electrons. The van der Waals surface area contributed by atoms with Crippen molar-refractivity contribution in [3.63, 3.8) is 0 Å². The van der Waals surface area contributed by atoms with Gasteiger partial charge in [-0.05, 0) is 26.0 Å². The molecule has 5 nitrogen and oxygen atoms in total. The predicted molar refractivity (Wildman–Crippen MR) is 78.6 cm³/mol. The maximum absolute atomic E-state index is 5.80. The van der Waals surface area contributed by atoms with Gasteiger partial charge in [-0.15, -0.1) is 0 Å². The standard InChI is InChI=1S/C16H20N2O3/c1-10-4-12-5-14(19-3)13(6-15(12)20-10)8-17-9-16-18-7-11(2)21-16/h5-7,10,17H,4,8-9H2,1-3H3. The molecular formula is C16H20N2O3. The lowest BCUT2D eigenvalue weighted by molar-refractivity contribution is 0.254. The van der Waals surface area contributed by atoms with E-state index in [0.717, 1.165) is 29.2 Å². The molecule has 1 aliphatic heterocycles. The highest BCUT2D eigenvalue weighted by atomic mass is 16.5. The van der Waals surface area contributed by atoms with E-state index in [2.05, 4.69) is 29.4 Å². The van der Waals surface area contributed by atoms with Crippen molar-refractivity contribution < 1.29 is 13.9 Å². The number of hydrogen-bond donors (Lipinski definition) is 1. The maximum Gasteiger partial charge on any atom is 0.208 e. The number of benzene rings is 1. The van der Waals surface area contributed by atoms with Gasteiger partial charge in [0.1, 0.15) is 23.4 Å². The van der Waals surface area contributed by atoms with Crippen LogP contribution in [0.4, 0.5) is 0 Å². The van der Waals surface area contributed by atoms with E-state index >= 15 is 0 Å². The van der Waals surface area contributed by atoms with Crippen molar-refractivity contribution in [2.24, 2.45) is 0 Å². The third kappa shape index (κ3) is 3.03. The molecule has 1 N–H and O–H groups in total. The first-order chi connectivity index (χ1) is 10.2. The average Bonchev–Trinajstić information content (AvgIpc) is 3.02. The summed E-state index contributed by atoms with van der Waals surface area (Å²) in [4.78, 5) is 4.17. The van der Waals surface area contributed by atoms with Crippen molar-refractivity contribution in [2.75, 3.05) is 7.11 Å². The summed E-state index contributed by atoms with van der Waals surface area (Å²) in [7, 11) is 1.70. The van der Waals surface area contributed by atoms with Crippen molar-refractivity contribution in [3.05, 3.63) is 41.1 Å². The Morgan fingerprint density at radius 2 is 2.24 bits per heavy atom. The zero-order valence-electron chi connectivity index (χ0n) is 12.6. The van der Waals surface area contributed by atoms with Crippen molar-refractivity contribution in [2.45, 2.75) is 39.5 Å². The number of oxazole rings is 1. The molecule has 1 unspecified atom stereocenters. The Morgan fingerprint density at radius 1 is 1.38 bits per heavy atom. The normalized spacial score (nSPS) is 16.6. The second-order valence-corrected chi connectivity index (χ2v) is 5.37. The molecule has 2 heterocycles. The van der Waals surface area contributed by atoms with Gasteiger partial charge in [0, 0.05) is 24.1 Å². The summed E-state index contributed by atoms with van der Waals surface area (Å²) in [5.41, 5.74) is 2.29. The van der Waals surface area contributed by atoms with Crippen LogP contribution in [0.1, 0.15) is 29.7 Å². The highest BCUT2D eigenvalue weighted by molar-refractivity contribution is 5.48. The van der Waals surface area contributed by atoms with Gasteiger partial charge in [-0.25, -0.2) is 4.98 Å². The molecule has 1 aromatic heterocycles. The summed E-state index contributed by atoms with van der Waals surface area (Å²) in [6.07, 6.45) is 2.90. The van der Waals surface area contributed by atoms with Crippen LogP contribution in [0.5, 0.6) is 11.5 Å². The van der Waals surface area contributed by atoms with Crippen LogP contribution in [0.3, 0.4) is 0 Å². The van der Waals surface area contributed by atoms with Crippen LogP contribution < -0.4 is 14.8 Å². The fraction of sp³-hybridized carbons (Fsp3) is 0.438. The van der Waals surface area contributed by atoms with E-state index in [4.69, 9.17) is 13.9 Å². The largest absolute Gasteiger partial charge is 0.496 e. The van der Waals surface area contributed by atoms with E-state index in [0.29, 0.717) is 19.0 Å². The topological polar surface area (TPSA) is 56.5 Å². The summed E-state index contributed by atoms with van der Waals surface area (Å²) in [5.74, 6) is 3.37. The molecule has 0 radical (unpaired) electrons. The zero-order valence-corrected chi connectivity index (χ0v) is 12.6. The summed E-state index contributed by atoms with van der Waals surface area (Å²) in [6, 6.07) is 4.14. The first-order valence-electron chi connectivity index (χ1n) is 7.14. The molecule has 2 aromatic rings. The Hall–Kier alpha value is -2.01. The van der Waals surface area contributed by atoms with Crippen molar-refractivity contribution in [1.82, 2.24) is 10.3 Å². The first-order valence-corrected chi connectivity index (χ1v) is 7.14. The lowest BCUT2D eigenvalue weighted by Gasteiger charge is -2.11. The number of nitrogens with one attached hydrogen (secondary N) is 1. The van der Waals surface area contributed by atoms with E-state index in [1.54, 1.807) is 13.3 Å². The average molecular weight is 288 g/mol. The first kappa shape index (κ1) is 13.9. The highest BCUT2D eigenvalue weighted by Crippen LogP contribution is 2.34. The van der Waals surface area contributed by atoms with Crippen LogP contribution in [0, 0.1) is 6.92 Å². The molecule has 1 aromatic carbocycles. The zero-order chi connectivity index (χ0) is 14.8. The molecule has 1 atom stereocenters. The fourth-order valence-electron chi connectivity index (χ4n) is 2.60. The SMILES string of the molecule is COc1cc2c(cc1CNCc1ncc(C)o1)OC(C)C2. The minimum absolute atomic E-state index is 0.239. The minimum atomic E-state index is 0.239. The van der Waals surface area contributed by atoms with Crippen LogP contribution >= 0.6 is 0 Å². The minimum Gasteiger partial charge on any atom is -0.496 e. The molecule has 0 fully saturated rings. The highest BCUT2D eigenvalue weighted by Gasteiger charge is 2.21. The van der Waals surface area contributed by atoms with Crippen molar-refractivity contribution in [1.29, 1.82) is 0 Å². The number of aryl methyl sites for hydroxylation is 1. The van der Waals surface area contributed by atoms with Crippen LogP contribution in [-0.2, 0) is 19.5 Å². The van der Waals surface area contributed by atoms with E-state index in [9.17, 15) is 0 Å². The Balaban J connectivity index is 1.68. The number of ether oxygens (including phenoxy) is 2. The van der Waals surface area contributed by atoms with E-state index in [-0.39, 0.29) is 6.10 Å². The van der Waals surface area contributed by atoms with E-state index in [1.807, 2.05) is 6.92 Å². The molecule has 3 rings (SSSR count). The second-order valence-electron chi connectivity index (χ2n) is 5.37. The Labute approximate surface area is 124 Å². The van der Waals surface area contributed by atoms with Gasteiger partial charge in [0.2, 0.25) is 5.89 Å². The van der Waals surface area contributed by atoms with Crippen LogP contribution in [0.2, 0.25) is 0 Å². The number of aromatic nitrogens is 1. The van der Waals surface area contributed by atoms with Gasteiger partial charge in [0.05, 0.1) is 19.9 Å². The molecular weight excluding hydrogens is 268 g/mol. The van der Waals surface area contributed by atoms with Gasteiger partial charge in [-0.3, -0.25) is 0 Å². The lowest BCUT2D eigenvalue weighted by Crippen LogP contribution is -2.13. The maximum atomic E-state index is 5.80. The number of hydrogen-bond acceptors (Lipinski definition) is 5. The van der Waals surface area contributed by atoms with Gasteiger partial charge in [-0.2, -0.15) is 0 Å². The second kappa shape index (κ2) is 5.77. The summed E-state index contributed by atoms with van der Waals surface area (Å²) in [5, 5.41) is 3.32. The number of fused-ring (bicyclic) bond motifs is 1. The van der Waals surface area contributed by atoms with Crippen LogP contribution in [-0.4, -0.2) is 18.2 Å². The molecule has 1 aliphatic rings. The van der Waals surface area contributed by atoms with Crippen molar-refractivity contribution >= 4 is 0 Å². The molecule has 0 spiro atoms. The summed E-state index contributed by atoms with van der Waals surface area (Å²) >= 11 is 0. The third-order valence-electron chi connectivity index (χ3n) is 3.56. The Kier molecular flexibility index (Phi) is 3.84. The molecule has 5 heteroatoms. The van der Waals surface area contributed by atoms with Crippen LogP contribution in [0.25, 0.3) is 0 Å². The quantitative estimate of drug-likeness (QED) is 0.916. The molecule has 21 heavy (non-hydrogen) atoms. The fourth-order valence-corrected chi connectivity index (χ4v) is 2.60. The van der Waals surface area contributed by atoms with Crippen molar-refractivity contribution in [3.8, 4) is 11.5 Å².